The number of hydrogen-bond donors (Lipinski definition) is 1. The van der Waals surface area contributed by atoms with Crippen LogP contribution < -0.4 is 17.0 Å². The van der Waals surface area contributed by atoms with Gasteiger partial charge in [-0.05, 0) is 35.6 Å². The second-order valence-electron chi connectivity index (χ2n) is 7.88. The van der Waals surface area contributed by atoms with E-state index >= 15 is 0 Å². The van der Waals surface area contributed by atoms with Crippen LogP contribution in [0.4, 0.5) is 0 Å². The van der Waals surface area contributed by atoms with Gasteiger partial charge in [-0.15, -0.1) is 0 Å². The summed E-state index contributed by atoms with van der Waals surface area (Å²) in [6, 6.07) is 1.94. The lowest BCUT2D eigenvalue weighted by atomic mass is 9.75. The number of ketones is 1. The predicted octanol–water partition coefficient (Wildman–Crippen LogP) is 0.185. The number of halogens is 1. The zero-order valence-electron chi connectivity index (χ0n) is 14.1. The molecule has 0 unspecified atom stereocenters. The topological polar surface area (TPSA) is 37.3 Å². The molecule has 1 aliphatic heterocycles. The lowest BCUT2D eigenvalue weighted by Gasteiger charge is -2.33. The highest BCUT2D eigenvalue weighted by molar-refractivity contribution is 7.08. The van der Waals surface area contributed by atoms with E-state index in [2.05, 4.69) is 14.1 Å². The largest absolute Gasteiger partial charge is 1.00 e. The number of nitrogens with zero attached hydrogens (tertiary/aromatic N) is 1. The second kappa shape index (κ2) is 7.34. The van der Waals surface area contributed by atoms with Crippen LogP contribution in [0.25, 0.3) is 0 Å². The van der Waals surface area contributed by atoms with Crippen LogP contribution in [0.3, 0.4) is 0 Å². The zero-order valence-corrected chi connectivity index (χ0v) is 16.5. The first kappa shape index (κ1) is 19.1. The van der Waals surface area contributed by atoms with E-state index < -0.39 is 5.60 Å². The van der Waals surface area contributed by atoms with Crippen LogP contribution in [0.15, 0.2) is 16.8 Å². The molecular formula is C18H28BrNO2S. The smallest absolute Gasteiger partial charge is 0.169 e. The average Bonchev–Trinajstić information content (AvgIpc) is 3.19. The Morgan fingerprint density at radius 2 is 2.04 bits per heavy atom. The molecule has 1 saturated heterocycles. The first-order valence-corrected chi connectivity index (χ1v) is 9.46. The maximum absolute atomic E-state index is 13.1. The summed E-state index contributed by atoms with van der Waals surface area (Å²) in [5, 5.41) is 15.3. The molecule has 23 heavy (non-hydrogen) atoms. The van der Waals surface area contributed by atoms with E-state index in [4.69, 9.17) is 0 Å². The Hall–Kier alpha value is -0.230. The summed E-state index contributed by atoms with van der Waals surface area (Å²) >= 11 is 1.57. The van der Waals surface area contributed by atoms with Crippen LogP contribution in [-0.4, -0.2) is 42.6 Å². The highest BCUT2D eigenvalue weighted by Crippen LogP contribution is 2.43. The fraction of sp³-hybridized carbons (Fsp3) is 0.722. The van der Waals surface area contributed by atoms with Crippen molar-refractivity contribution in [3.63, 3.8) is 0 Å². The van der Waals surface area contributed by atoms with Gasteiger partial charge >= 0.3 is 0 Å². The molecule has 1 aromatic heterocycles. The quantitative estimate of drug-likeness (QED) is 0.714. The number of aliphatic hydroxyl groups is 1. The van der Waals surface area contributed by atoms with Crippen molar-refractivity contribution in [2.75, 3.05) is 27.2 Å². The number of quaternary nitrogens is 1. The Bertz CT molecular complexity index is 525. The van der Waals surface area contributed by atoms with Gasteiger partial charge in [0.15, 0.2) is 11.4 Å². The molecule has 1 aliphatic carbocycles. The molecular weight excluding hydrogens is 374 g/mol. The van der Waals surface area contributed by atoms with Gasteiger partial charge in [0.05, 0.1) is 27.2 Å². The van der Waals surface area contributed by atoms with Gasteiger partial charge in [0, 0.05) is 24.3 Å². The third-order valence-corrected chi connectivity index (χ3v) is 6.38. The third kappa shape index (κ3) is 3.89. The molecule has 0 aromatic carbocycles. The van der Waals surface area contributed by atoms with Crippen molar-refractivity contribution >= 4 is 17.1 Å². The summed E-state index contributed by atoms with van der Waals surface area (Å²) in [5.74, 6) is 0.595. The van der Waals surface area contributed by atoms with Crippen molar-refractivity contribution in [3.8, 4) is 0 Å². The van der Waals surface area contributed by atoms with Crippen LogP contribution in [0.1, 0.15) is 44.1 Å². The van der Waals surface area contributed by atoms with Gasteiger partial charge in [-0.25, -0.2) is 0 Å². The van der Waals surface area contributed by atoms with Gasteiger partial charge in [-0.2, -0.15) is 11.3 Å². The van der Waals surface area contributed by atoms with Gasteiger partial charge in [0.25, 0.3) is 0 Å². The Kier molecular flexibility index (Phi) is 6.10. The summed E-state index contributed by atoms with van der Waals surface area (Å²) in [6.07, 6.45) is 5.86. The second-order valence-corrected chi connectivity index (χ2v) is 8.66. The SMILES string of the molecule is C[N+]1(C)CC[C@@H](CC(=O)[C@](O)(c2ccsc2)C2CCCC2)C1.[Br-]. The van der Waals surface area contributed by atoms with Crippen molar-refractivity contribution in [1.29, 1.82) is 0 Å². The van der Waals surface area contributed by atoms with Crippen LogP contribution in [0.2, 0.25) is 0 Å². The molecule has 1 aromatic rings. The normalized spacial score (nSPS) is 26.7. The molecule has 2 fully saturated rings. The van der Waals surface area contributed by atoms with E-state index in [0.717, 1.165) is 55.2 Å². The molecule has 1 saturated carbocycles. The molecule has 0 amide bonds. The van der Waals surface area contributed by atoms with Crippen molar-refractivity contribution in [2.24, 2.45) is 11.8 Å². The van der Waals surface area contributed by atoms with Gasteiger partial charge in [-0.3, -0.25) is 4.79 Å². The standard InChI is InChI=1S/C18H28NO2S.BrH/c1-19(2)9-7-14(12-19)11-17(20)18(21,15-5-3-4-6-15)16-8-10-22-13-16;/h8,10,13-15,21H,3-7,9,11-12H2,1-2H3;1H/q+1;/p-1/t14-,18+;/m0./s1. The van der Waals surface area contributed by atoms with Crippen molar-refractivity contribution in [2.45, 2.75) is 44.1 Å². The van der Waals surface area contributed by atoms with Crippen molar-refractivity contribution in [1.82, 2.24) is 0 Å². The van der Waals surface area contributed by atoms with Crippen LogP contribution in [0.5, 0.6) is 0 Å². The number of rotatable bonds is 5. The monoisotopic (exact) mass is 401 g/mol. The zero-order chi connectivity index (χ0) is 15.8. The van der Waals surface area contributed by atoms with E-state index in [9.17, 15) is 9.90 Å². The van der Waals surface area contributed by atoms with Gasteiger partial charge in [-0.1, -0.05) is 12.8 Å². The molecule has 0 spiro atoms. The van der Waals surface area contributed by atoms with Crippen molar-refractivity contribution < 1.29 is 31.4 Å². The molecule has 2 heterocycles. The average molecular weight is 402 g/mol. The van der Waals surface area contributed by atoms with E-state index in [1.54, 1.807) is 11.3 Å². The van der Waals surface area contributed by atoms with Gasteiger partial charge in [0.2, 0.25) is 0 Å². The molecule has 3 nitrogen and oxygen atoms in total. The van der Waals surface area contributed by atoms with E-state index in [-0.39, 0.29) is 28.7 Å². The van der Waals surface area contributed by atoms with Crippen LogP contribution in [-0.2, 0) is 10.4 Å². The molecule has 1 N–H and O–H groups in total. The number of thiophene rings is 1. The Morgan fingerprint density at radius 3 is 2.57 bits per heavy atom. The molecule has 0 bridgehead atoms. The molecule has 2 aliphatic rings. The first-order valence-electron chi connectivity index (χ1n) is 8.52. The maximum atomic E-state index is 13.1. The highest BCUT2D eigenvalue weighted by atomic mass is 79.9. The fourth-order valence-electron chi connectivity index (χ4n) is 4.45. The molecule has 3 rings (SSSR count). The molecule has 2 atom stereocenters. The molecule has 130 valence electrons. The van der Waals surface area contributed by atoms with Gasteiger partial charge < -0.3 is 26.6 Å². The summed E-state index contributed by atoms with van der Waals surface area (Å²) < 4.78 is 0.998. The van der Waals surface area contributed by atoms with E-state index in [1.165, 1.54) is 0 Å². The van der Waals surface area contributed by atoms with E-state index in [0.29, 0.717) is 12.3 Å². The van der Waals surface area contributed by atoms with Crippen LogP contribution >= 0.6 is 11.3 Å². The molecule has 0 radical (unpaired) electrons. The van der Waals surface area contributed by atoms with E-state index in [1.807, 2.05) is 16.8 Å². The minimum Gasteiger partial charge on any atom is -1.00 e. The Balaban J connectivity index is 0.00000192. The van der Waals surface area contributed by atoms with Crippen molar-refractivity contribution in [3.05, 3.63) is 22.4 Å². The number of likely N-dealkylation sites (tertiary alicyclic amines) is 1. The number of carbonyl (C=O) groups is 1. The summed E-state index contributed by atoms with van der Waals surface area (Å²) in [7, 11) is 4.46. The Morgan fingerprint density at radius 1 is 1.35 bits per heavy atom. The summed E-state index contributed by atoms with van der Waals surface area (Å²) in [5.41, 5.74) is -0.405. The number of carbonyl (C=O) groups excluding carboxylic acids is 1. The minimum absolute atomic E-state index is 0. The number of Topliss-reactive ketones (excluding diaryl/α,β-unsaturated/α-hetero) is 1. The fourth-order valence-corrected chi connectivity index (χ4v) is 5.16. The maximum Gasteiger partial charge on any atom is 0.169 e. The first-order chi connectivity index (χ1) is 10.4. The molecule has 5 heteroatoms. The highest BCUT2D eigenvalue weighted by Gasteiger charge is 2.47. The minimum atomic E-state index is -1.24. The predicted molar refractivity (Wildman–Crippen MR) is 89.7 cm³/mol. The summed E-state index contributed by atoms with van der Waals surface area (Å²) in [6.45, 7) is 2.19. The lowest BCUT2D eigenvalue weighted by Crippen LogP contribution is -3.00. The summed E-state index contributed by atoms with van der Waals surface area (Å²) in [4.78, 5) is 13.1. The number of hydrogen-bond acceptors (Lipinski definition) is 3. The Labute approximate surface area is 154 Å². The third-order valence-electron chi connectivity index (χ3n) is 5.70. The lowest BCUT2D eigenvalue weighted by molar-refractivity contribution is -0.879. The van der Waals surface area contributed by atoms with Gasteiger partial charge in [0.1, 0.15) is 0 Å². The van der Waals surface area contributed by atoms with Crippen LogP contribution in [0, 0.1) is 11.8 Å².